The smallest absolute Gasteiger partial charge is 0.273 e. The summed E-state index contributed by atoms with van der Waals surface area (Å²) in [5.41, 5.74) is 1.76. The maximum Gasteiger partial charge on any atom is 0.273 e. The molecule has 0 unspecified atom stereocenters. The van der Waals surface area contributed by atoms with Crippen LogP contribution in [0.5, 0.6) is 0 Å². The average Bonchev–Trinajstić information content (AvgIpc) is 3.05. The highest BCUT2D eigenvalue weighted by atomic mass is 35.5. The van der Waals surface area contributed by atoms with Crippen LogP contribution >= 0.6 is 23.2 Å². The fraction of sp³-hybridized carbons (Fsp3) is 0.571. The van der Waals surface area contributed by atoms with Gasteiger partial charge in [0.15, 0.2) is 5.69 Å². The quantitative estimate of drug-likeness (QED) is 0.650. The number of carbonyl (C=O) groups excluding carboxylic acids is 1. The summed E-state index contributed by atoms with van der Waals surface area (Å²) >= 11 is 12.6. The zero-order valence-electron chi connectivity index (χ0n) is 17.1. The fourth-order valence-electron chi connectivity index (χ4n) is 3.85. The molecule has 2 aromatic heterocycles. The van der Waals surface area contributed by atoms with E-state index in [-0.39, 0.29) is 23.2 Å². The van der Waals surface area contributed by atoms with E-state index >= 15 is 0 Å². The number of pyridine rings is 1. The third-order valence-electron chi connectivity index (χ3n) is 5.78. The molecule has 158 valence electrons. The SMILES string of the molecule is CCc1cc(Cl)ncc1-c1c(Cl)c(C(=O)NCC2(O)CCC(C)CC2)nn1CC. The van der Waals surface area contributed by atoms with Gasteiger partial charge in [-0.1, -0.05) is 37.0 Å². The Morgan fingerprint density at radius 2 is 2.03 bits per heavy atom. The van der Waals surface area contributed by atoms with Crippen LogP contribution in [0, 0.1) is 5.92 Å². The molecule has 0 aliphatic heterocycles. The molecule has 2 heterocycles. The second kappa shape index (κ2) is 9.02. The number of aryl methyl sites for hydroxylation is 2. The van der Waals surface area contributed by atoms with E-state index in [1.54, 1.807) is 16.9 Å². The molecule has 0 aromatic carbocycles. The molecule has 1 aliphatic carbocycles. The van der Waals surface area contributed by atoms with Crippen molar-refractivity contribution in [2.24, 2.45) is 5.92 Å². The Kier molecular flexibility index (Phi) is 6.87. The minimum atomic E-state index is -0.861. The molecule has 1 saturated carbocycles. The second-order valence-electron chi connectivity index (χ2n) is 7.93. The Balaban J connectivity index is 1.85. The van der Waals surface area contributed by atoms with Crippen LogP contribution in [-0.4, -0.2) is 37.9 Å². The van der Waals surface area contributed by atoms with Gasteiger partial charge in [0.05, 0.1) is 16.3 Å². The molecule has 2 N–H and O–H groups in total. The molecule has 29 heavy (non-hydrogen) atoms. The highest BCUT2D eigenvalue weighted by Crippen LogP contribution is 2.34. The first-order valence-electron chi connectivity index (χ1n) is 10.2. The van der Waals surface area contributed by atoms with Crippen LogP contribution in [0.4, 0.5) is 0 Å². The molecule has 8 heteroatoms. The summed E-state index contributed by atoms with van der Waals surface area (Å²) in [6, 6.07) is 1.81. The van der Waals surface area contributed by atoms with Gasteiger partial charge in [-0.15, -0.1) is 0 Å². The molecule has 0 radical (unpaired) electrons. The first-order chi connectivity index (χ1) is 13.8. The molecule has 6 nitrogen and oxygen atoms in total. The summed E-state index contributed by atoms with van der Waals surface area (Å²) in [6.07, 6.45) is 5.72. The van der Waals surface area contributed by atoms with E-state index in [1.165, 1.54) is 0 Å². The number of rotatable bonds is 6. The lowest BCUT2D eigenvalue weighted by Crippen LogP contribution is -2.45. The van der Waals surface area contributed by atoms with Crippen LogP contribution in [0.1, 0.15) is 62.5 Å². The molecule has 1 aliphatic rings. The minimum Gasteiger partial charge on any atom is -0.388 e. The molecule has 0 bridgehead atoms. The van der Waals surface area contributed by atoms with Crippen molar-refractivity contribution in [3.05, 3.63) is 33.7 Å². The highest BCUT2D eigenvalue weighted by Gasteiger charge is 2.33. The first kappa shape index (κ1) is 22.1. The summed E-state index contributed by atoms with van der Waals surface area (Å²) in [7, 11) is 0. The lowest BCUT2D eigenvalue weighted by Gasteiger charge is -2.34. The summed E-state index contributed by atoms with van der Waals surface area (Å²) in [5.74, 6) is 0.236. The topological polar surface area (TPSA) is 80.0 Å². The van der Waals surface area contributed by atoms with E-state index in [0.29, 0.717) is 36.2 Å². The normalized spacial score (nSPS) is 21.9. The van der Waals surface area contributed by atoms with E-state index < -0.39 is 5.60 Å². The molecule has 1 amide bonds. The van der Waals surface area contributed by atoms with Crippen LogP contribution in [0.25, 0.3) is 11.3 Å². The van der Waals surface area contributed by atoms with Crippen LogP contribution in [0.15, 0.2) is 12.3 Å². The zero-order valence-corrected chi connectivity index (χ0v) is 18.6. The zero-order chi connectivity index (χ0) is 21.2. The maximum atomic E-state index is 12.8. The number of nitrogens with one attached hydrogen (secondary N) is 1. The van der Waals surface area contributed by atoms with Gasteiger partial charge < -0.3 is 10.4 Å². The highest BCUT2D eigenvalue weighted by molar-refractivity contribution is 6.36. The Hall–Kier alpha value is -1.63. The van der Waals surface area contributed by atoms with Crippen LogP contribution in [0.2, 0.25) is 10.2 Å². The second-order valence-corrected chi connectivity index (χ2v) is 8.70. The first-order valence-corrected chi connectivity index (χ1v) is 10.9. The Labute approximate surface area is 181 Å². The van der Waals surface area contributed by atoms with E-state index in [4.69, 9.17) is 23.2 Å². The number of hydrogen-bond acceptors (Lipinski definition) is 4. The van der Waals surface area contributed by atoms with Gasteiger partial charge in [-0.05, 0) is 56.6 Å². The fourth-order valence-corrected chi connectivity index (χ4v) is 4.35. The molecular formula is C21H28Cl2N4O2. The number of amides is 1. The average molecular weight is 439 g/mol. The van der Waals surface area contributed by atoms with Crippen molar-refractivity contribution in [1.29, 1.82) is 0 Å². The van der Waals surface area contributed by atoms with Crippen molar-refractivity contribution >= 4 is 29.1 Å². The van der Waals surface area contributed by atoms with Gasteiger partial charge in [0, 0.05) is 24.8 Å². The summed E-state index contributed by atoms with van der Waals surface area (Å²) in [5, 5.41) is 18.7. The molecule has 0 atom stereocenters. The summed E-state index contributed by atoms with van der Waals surface area (Å²) in [4.78, 5) is 17.0. The molecular weight excluding hydrogens is 411 g/mol. The number of halogens is 2. The Bertz CT molecular complexity index is 889. The van der Waals surface area contributed by atoms with E-state index in [2.05, 4.69) is 22.3 Å². The predicted octanol–water partition coefficient (Wildman–Crippen LogP) is 4.51. The van der Waals surface area contributed by atoms with Crippen LogP contribution in [0.3, 0.4) is 0 Å². The number of aliphatic hydroxyl groups is 1. The monoisotopic (exact) mass is 438 g/mol. The third kappa shape index (κ3) is 4.76. The summed E-state index contributed by atoms with van der Waals surface area (Å²) < 4.78 is 1.71. The van der Waals surface area contributed by atoms with Crippen molar-refractivity contribution in [3.63, 3.8) is 0 Å². The van der Waals surface area contributed by atoms with Crippen LogP contribution in [-0.2, 0) is 13.0 Å². The Morgan fingerprint density at radius 1 is 1.34 bits per heavy atom. The number of hydrogen-bond donors (Lipinski definition) is 2. The van der Waals surface area contributed by atoms with Crippen molar-refractivity contribution in [1.82, 2.24) is 20.1 Å². The van der Waals surface area contributed by atoms with Crippen molar-refractivity contribution in [2.75, 3.05) is 6.54 Å². The van der Waals surface area contributed by atoms with Crippen molar-refractivity contribution in [2.45, 2.75) is 65.0 Å². The van der Waals surface area contributed by atoms with Gasteiger partial charge in [0.25, 0.3) is 5.91 Å². The number of carbonyl (C=O) groups is 1. The lowest BCUT2D eigenvalue weighted by atomic mass is 9.79. The number of nitrogens with zero attached hydrogens (tertiary/aromatic N) is 3. The van der Waals surface area contributed by atoms with Gasteiger partial charge in [-0.2, -0.15) is 5.10 Å². The third-order valence-corrected chi connectivity index (χ3v) is 6.35. The van der Waals surface area contributed by atoms with Gasteiger partial charge in [0.2, 0.25) is 0 Å². The minimum absolute atomic E-state index is 0.160. The molecule has 0 saturated heterocycles. The van der Waals surface area contributed by atoms with Crippen molar-refractivity contribution < 1.29 is 9.90 Å². The number of aromatic nitrogens is 3. The predicted molar refractivity (Wildman–Crippen MR) is 115 cm³/mol. The van der Waals surface area contributed by atoms with E-state index in [9.17, 15) is 9.90 Å². The molecule has 3 rings (SSSR count). The van der Waals surface area contributed by atoms with Gasteiger partial charge >= 0.3 is 0 Å². The van der Waals surface area contributed by atoms with Gasteiger partial charge in [0.1, 0.15) is 5.15 Å². The van der Waals surface area contributed by atoms with E-state index in [1.807, 2.05) is 13.8 Å². The largest absolute Gasteiger partial charge is 0.388 e. The van der Waals surface area contributed by atoms with Crippen LogP contribution < -0.4 is 5.32 Å². The molecule has 2 aromatic rings. The maximum absolute atomic E-state index is 12.8. The standard InChI is InChI=1S/C21H28Cl2N4O2/c1-4-14-10-16(22)24-11-15(14)19-17(23)18(26-27(19)5-2)20(28)25-12-21(29)8-6-13(3)7-9-21/h10-11,13,29H,4-9,12H2,1-3H3,(H,25,28). The van der Waals surface area contributed by atoms with Gasteiger partial charge in [-0.25, -0.2) is 4.98 Å². The Morgan fingerprint density at radius 3 is 2.66 bits per heavy atom. The molecule has 0 spiro atoms. The van der Waals surface area contributed by atoms with Gasteiger partial charge in [-0.3, -0.25) is 9.48 Å². The van der Waals surface area contributed by atoms with Crippen molar-refractivity contribution in [3.8, 4) is 11.3 Å². The lowest BCUT2D eigenvalue weighted by molar-refractivity contribution is -0.00544. The van der Waals surface area contributed by atoms with E-state index in [0.717, 1.165) is 30.4 Å². The molecule has 1 fully saturated rings. The summed E-state index contributed by atoms with van der Waals surface area (Å²) in [6.45, 7) is 6.90.